The molecule has 0 aromatic heterocycles. The van der Waals surface area contributed by atoms with Crippen LogP contribution in [0.25, 0.3) is 0 Å². The molecule has 2 rings (SSSR count). The molecule has 0 N–H and O–H groups in total. The van der Waals surface area contributed by atoms with Crippen molar-refractivity contribution in [2.75, 3.05) is 46.2 Å². The van der Waals surface area contributed by atoms with Gasteiger partial charge in [0.15, 0.2) is 0 Å². The molecule has 2 aliphatic rings. The van der Waals surface area contributed by atoms with Gasteiger partial charge < -0.3 is 14.4 Å². The van der Waals surface area contributed by atoms with Crippen molar-refractivity contribution in [3.63, 3.8) is 0 Å². The third-order valence-corrected chi connectivity index (χ3v) is 6.32. The van der Waals surface area contributed by atoms with Gasteiger partial charge in [0.2, 0.25) is 15.9 Å². The number of sulfonamides is 1. The highest BCUT2D eigenvalue weighted by Crippen LogP contribution is 2.37. The van der Waals surface area contributed by atoms with E-state index in [0.717, 1.165) is 19.3 Å². The van der Waals surface area contributed by atoms with Gasteiger partial charge in [0.05, 0.1) is 11.9 Å². The van der Waals surface area contributed by atoms with Crippen molar-refractivity contribution in [1.29, 1.82) is 0 Å². The number of methoxy groups -OCH3 is 1. The van der Waals surface area contributed by atoms with Gasteiger partial charge in [-0.3, -0.25) is 4.79 Å². The van der Waals surface area contributed by atoms with Crippen LogP contribution in [0.1, 0.15) is 32.6 Å². The molecule has 2 fully saturated rings. The minimum atomic E-state index is -3.20. The van der Waals surface area contributed by atoms with Gasteiger partial charge >= 0.3 is 0 Å². The van der Waals surface area contributed by atoms with Gasteiger partial charge in [-0.25, -0.2) is 8.42 Å². The number of nitrogens with zero attached hydrogens (tertiary/aromatic N) is 2. The van der Waals surface area contributed by atoms with Crippen molar-refractivity contribution in [3.05, 3.63) is 0 Å². The zero-order chi connectivity index (χ0) is 17.1. The molecule has 2 aliphatic heterocycles. The van der Waals surface area contributed by atoms with Crippen LogP contribution in [0.4, 0.5) is 0 Å². The third kappa shape index (κ3) is 4.43. The highest BCUT2D eigenvalue weighted by atomic mass is 32.2. The van der Waals surface area contributed by atoms with E-state index in [1.165, 1.54) is 13.4 Å². The number of ether oxygens (including phenoxy) is 2. The van der Waals surface area contributed by atoms with Crippen molar-refractivity contribution in [2.45, 2.75) is 44.2 Å². The van der Waals surface area contributed by atoms with Crippen LogP contribution in [0.3, 0.4) is 0 Å². The third-order valence-electron chi connectivity index (χ3n) is 4.91. The summed E-state index contributed by atoms with van der Waals surface area (Å²) >= 11 is 0. The first kappa shape index (κ1) is 18.6. The summed E-state index contributed by atoms with van der Waals surface area (Å²) < 4.78 is 36.5. The number of amides is 1. The average Bonchev–Trinajstić information content (AvgIpc) is 2.47. The van der Waals surface area contributed by atoms with Gasteiger partial charge in [0, 0.05) is 39.4 Å². The van der Waals surface area contributed by atoms with Gasteiger partial charge in [-0.15, -0.1) is 0 Å². The lowest BCUT2D eigenvalue weighted by Gasteiger charge is -2.47. The van der Waals surface area contributed by atoms with E-state index in [4.69, 9.17) is 9.47 Å². The maximum absolute atomic E-state index is 12.0. The minimum Gasteiger partial charge on any atom is -0.375 e. The molecule has 0 aromatic rings. The highest BCUT2D eigenvalue weighted by Gasteiger charge is 2.43. The van der Waals surface area contributed by atoms with Gasteiger partial charge in [-0.1, -0.05) is 6.92 Å². The smallest absolute Gasteiger partial charge is 0.248 e. The van der Waals surface area contributed by atoms with Crippen LogP contribution in [-0.2, 0) is 24.3 Å². The number of hydrogen-bond donors (Lipinski definition) is 0. The topological polar surface area (TPSA) is 76.2 Å². The highest BCUT2D eigenvalue weighted by molar-refractivity contribution is 7.88. The van der Waals surface area contributed by atoms with Gasteiger partial charge in [0.25, 0.3) is 0 Å². The number of carbonyl (C=O) groups is 1. The number of rotatable bonds is 5. The predicted molar refractivity (Wildman–Crippen MR) is 86.6 cm³/mol. The Morgan fingerprint density at radius 3 is 2.57 bits per heavy atom. The van der Waals surface area contributed by atoms with Crippen molar-refractivity contribution in [3.8, 4) is 0 Å². The SMILES string of the molecule is CCN([C@@H]1CCOC2(CCN(C(=O)COC)CC2)C1)S(C)(=O)=O. The van der Waals surface area contributed by atoms with E-state index in [-0.39, 0.29) is 24.2 Å². The number of hydrogen-bond acceptors (Lipinski definition) is 5. The first-order valence-electron chi connectivity index (χ1n) is 8.19. The fourth-order valence-electron chi connectivity index (χ4n) is 3.74. The van der Waals surface area contributed by atoms with Gasteiger partial charge in [-0.05, 0) is 25.7 Å². The lowest BCUT2D eigenvalue weighted by molar-refractivity contribution is -0.149. The average molecular weight is 348 g/mol. The molecule has 2 saturated heterocycles. The van der Waals surface area contributed by atoms with E-state index >= 15 is 0 Å². The summed E-state index contributed by atoms with van der Waals surface area (Å²) in [5.74, 6) is 0.000954. The Hall–Kier alpha value is -0.700. The van der Waals surface area contributed by atoms with Crippen LogP contribution in [0.2, 0.25) is 0 Å². The van der Waals surface area contributed by atoms with Crippen molar-refractivity contribution in [2.24, 2.45) is 0 Å². The number of carbonyl (C=O) groups excluding carboxylic acids is 1. The molecule has 0 radical (unpaired) electrons. The molecule has 8 heteroatoms. The van der Waals surface area contributed by atoms with Crippen LogP contribution in [0, 0.1) is 0 Å². The Kier molecular flexibility index (Phi) is 6.05. The van der Waals surface area contributed by atoms with E-state index in [1.54, 1.807) is 9.21 Å². The maximum atomic E-state index is 12.0. The first-order valence-corrected chi connectivity index (χ1v) is 10.0. The van der Waals surface area contributed by atoms with Crippen LogP contribution in [0.5, 0.6) is 0 Å². The molecule has 2 heterocycles. The number of likely N-dealkylation sites (tertiary alicyclic amines) is 1. The summed E-state index contributed by atoms with van der Waals surface area (Å²) in [6, 6.07) is -0.00928. The Morgan fingerprint density at radius 1 is 1.39 bits per heavy atom. The molecule has 0 saturated carbocycles. The monoisotopic (exact) mass is 348 g/mol. The van der Waals surface area contributed by atoms with E-state index in [1.807, 2.05) is 6.92 Å². The van der Waals surface area contributed by atoms with Crippen LogP contribution in [0.15, 0.2) is 0 Å². The van der Waals surface area contributed by atoms with Crippen LogP contribution < -0.4 is 0 Å². The summed E-state index contributed by atoms with van der Waals surface area (Å²) in [7, 11) is -1.69. The maximum Gasteiger partial charge on any atom is 0.248 e. The number of piperidine rings is 1. The molecule has 0 aromatic carbocycles. The van der Waals surface area contributed by atoms with Crippen molar-refractivity contribution >= 4 is 15.9 Å². The Labute approximate surface area is 139 Å². The van der Waals surface area contributed by atoms with E-state index < -0.39 is 10.0 Å². The molecule has 1 amide bonds. The van der Waals surface area contributed by atoms with Crippen LogP contribution >= 0.6 is 0 Å². The molecule has 1 spiro atoms. The summed E-state index contributed by atoms with van der Waals surface area (Å²) in [6.45, 7) is 4.31. The summed E-state index contributed by atoms with van der Waals surface area (Å²) in [5.41, 5.74) is -0.301. The largest absolute Gasteiger partial charge is 0.375 e. The lowest BCUT2D eigenvalue weighted by atomic mass is 9.82. The fourth-order valence-corrected chi connectivity index (χ4v) is 4.93. The molecule has 7 nitrogen and oxygen atoms in total. The summed E-state index contributed by atoms with van der Waals surface area (Å²) in [5, 5.41) is 0. The van der Waals surface area contributed by atoms with E-state index in [2.05, 4.69) is 0 Å². The van der Waals surface area contributed by atoms with Crippen molar-refractivity contribution in [1.82, 2.24) is 9.21 Å². The van der Waals surface area contributed by atoms with Crippen molar-refractivity contribution < 1.29 is 22.7 Å². The van der Waals surface area contributed by atoms with E-state index in [0.29, 0.717) is 32.7 Å². The first-order chi connectivity index (χ1) is 10.8. The zero-order valence-corrected chi connectivity index (χ0v) is 15.1. The predicted octanol–water partition coefficient (Wildman–Crippen LogP) is 0.455. The molecule has 0 aliphatic carbocycles. The standard InChI is InChI=1S/C15H28N2O5S/c1-4-17(23(3,19)20)13-5-10-22-15(11-13)6-8-16(9-7-15)14(18)12-21-2/h13H,4-12H2,1-3H3/t13-/m1/s1. The minimum absolute atomic E-state index is 0.000954. The molecular formula is C15H28N2O5S. The molecule has 23 heavy (non-hydrogen) atoms. The summed E-state index contributed by atoms with van der Waals surface area (Å²) in [4.78, 5) is 13.7. The van der Waals surface area contributed by atoms with Crippen LogP contribution in [-0.4, -0.2) is 81.4 Å². The normalized spacial score (nSPS) is 25.0. The zero-order valence-electron chi connectivity index (χ0n) is 14.3. The molecule has 0 bridgehead atoms. The second kappa shape index (κ2) is 7.46. The molecule has 0 unspecified atom stereocenters. The van der Waals surface area contributed by atoms with E-state index in [9.17, 15) is 13.2 Å². The fraction of sp³-hybridized carbons (Fsp3) is 0.933. The molecular weight excluding hydrogens is 320 g/mol. The second-order valence-electron chi connectivity index (χ2n) is 6.46. The second-order valence-corrected chi connectivity index (χ2v) is 8.39. The Morgan fingerprint density at radius 2 is 2.04 bits per heavy atom. The van der Waals surface area contributed by atoms with Gasteiger partial charge in [0.1, 0.15) is 6.61 Å². The Balaban J connectivity index is 2.00. The Bertz CT molecular complexity index is 514. The molecule has 134 valence electrons. The summed E-state index contributed by atoms with van der Waals surface area (Å²) in [6.07, 6.45) is 4.21. The quantitative estimate of drug-likeness (QED) is 0.721. The lowest BCUT2D eigenvalue weighted by Crippen LogP contribution is -2.55. The van der Waals surface area contributed by atoms with Gasteiger partial charge in [-0.2, -0.15) is 4.31 Å². The molecule has 1 atom stereocenters.